The molecule has 0 unspecified atom stereocenters. The van der Waals surface area contributed by atoms with Gasteiger partial charge < -0.3 is 10.0 Å². The Bertz CT molecular complexity index is 888. The van der Waals surface area contributed by atoms with Gasteiger partial charge in [-0.25, -0.2) is 12.8 Å². The highest BCUT2D eigenvalue weighted by Gasteiger charge is 2.50. The second-order valence-corrected chi connectivity index (χ2v) is 7.72. The molecule has 0 atom stereocenters. The predicted octanol–water partition coefficient (Wildman–Crippen LogP) is 2.83. The molecule has 0 saturated carbocycles. The van der Waals surface area contributed by atoms with Gasteiger partial charge in [-0.3, -0.25) is 0 Å². The summed E-state index contributed by atoms with van der Waals surface area (Å²) in [5.74, 6) is -0.481. The molecule has 2 aromatic rings. The summed E-state index contributed by atoms with van der Waals surface area (Å²) in [4.78, 5) is 0.478. The minimum atomic E-state index is -5.51. The van der Waals surface area contributed by atoms with Gasteiger partial charge in [0.1, 0.15) is 11.4 Å². The van der Waals surface area contributed by atoms with E-state index in [4.69, 9.17) is 0 Å². The van der Waals surface area contributed by atoms with E-state index in [0.717, 1.165) is 18.2 Å². The van der Waals surface area contributed by atoms with Gasteiger partial charge >= 0.3 is 5.51 Å². The zero-order chi connectivity index (χ0) is 18.5. The van der Waals surface area contributed by atoms with Crippen LogP contribution >= 0.6 is 0 Å². The van der Waals surface area contributed by atoms with Gasteiger partial charge in [0.05, 0.1) is 23.7 Å². The van der Waals surface area contributed by atoms with Crippen LogP contribution in [0, 0.1) is 5.82 Å². The highest BCUT2D eigenvalue weighted by atomic mass is 32.2. The van der Waals surface area contributed by atoms with Crippen LogP contribution in [0.3, 0.4) is 0 Å². The van der Waals surface area contributed by atoms with Crippen LogP contribution in [0.4, 0.5) is 23.2 Å². The molecule has 0 radical (unpaired) electrons. The van der Waals surface area contributed by atoms with Gasteiger partial charge in [0.2, 0.25) is 0 Å². The first-order chi connectivity index (χ1) is 11.5. The number of β-amino-alcohol motifs (C(OH)–C–C–N with tert-alkyl or cyclic N) is 1. The third-order valence-electron chi connectivity index (χ3n) is 4.09. The fourth-order valence-corrected chi connectivity index (χ4v) is 3.75. The number of alkyl halides is 3. The lowest BCUT2D eigenvalue weighted by molar-refractivity contribution is -0.0436. The number of halogens is 4. The Morgan fingerprint density at radius 3 is 2.12 bits per heavy atom. The first-order valence-electron chi connectivity index (χ1n) is 7.18. The smallest absolute Gasteiger partial charge is 0.381 e. The van der Waals surface area contributed by atoms with E-state index in [1.165, 1.54) is 35.2 Å². The number of hydrogen-bond acceptors (Lipinski definition) is 4. The molecule has 4 nitrogen and oxygen atoms in total. The quantitative estimate of drug-likeness (QED) is 0.839. The lowest BCUT2D eigenvalue weighted by Gasteiger charge is -2.48. The lowest BCUT2D eigenvalue weighted by atomic mass is 9.85. The van der Waals surface area contributed by atoms with E-state index in [9.17, 15) is 31.1 Å². The minimum Gasteiger partial charge on any atom is -0.381 e. The van der Waals surface area contributed by atoms with Crippen LogP contribution in [0.25, 0.3) is 0 Å². The van der Waals surface area contributed by atoms with Crippen molar-refractivity contribution < 1.29 is 31.1 Å². The number of hydrogen-bond donors (Lipinski definition) is 1. The summed E-state index contributed by atoms with van der Waals surface area (Å²) < 4.78 is 75.0. The molecule has 0 bridgehead atoms. The molecular weight excluding hydrogens is 362 g/mol. The molecule has 0 aromatic heterocycles. The fraction of sp³-hybridized carbons (Fsp3) is 0.250. The van der Waals surface area contributed by atoms with Crippen molar-refractivity contribution >= 4 is 15.5 Å². The molecule has 1 aliphatic rings. The number of para-hydroxylation sites is 1. The summed E-state index contributed by atoms with van der Waals surface area (Å²) in [7, 11) is -5.51. The first kappa shape index (κ1) is 17.7. The van der Waals surface area contributed by atoms with Gasteiger partial charge in [-0.2, -0.15) is 13.2 Å². The standard InChI is InChI=1S/C16H13F4NO3S/c17-12-7-5-11(6-8-12)15(22)9-21(10-15)13-3-1-2-4-14(13)25(23,24)16(18,19)20/h1-8,22H,9-10H2. The number of sulfone groups is 1. The topological polar surface area (TPSA) is 57.6 Å². The highest BCUT2D eigenvalue weighted by molar-refractivity contribution is 7.92. The Labute approximate surface area is 141 Å². The van der Waals surface area contributed by atoms with E-state index in [1.54, 1.807) is 0 Å². The average molecular weight is 375 g/mol. The minimum absolute atomic E-state index is 0.108. The van der Waals surface area contributed by atoms with Gasteiger partial charge in [-0.1, -0.05) is 24.3 Å². The Morgan fingerprint density at radius 1 is 1.00 bits per heavy atom. The Morgan fingerprint density at radius 2 is 1.56 bits per heavy atom. The van der Waals surface area contributed by atoms with Crippen molar-refractivity contribution in [1.82, 2.24) is 0 Å². The number of nitrogens with zero attached hydrogens (tertiary/aromatic N) is 1. The Hall–Kier alpha value is -2.13. The van der Waals surface area contributed by atoms with Gasteiger partial charge in [0, 0.05) is 0 Å². The van der Waals surface area contributed by atoms with Crippen LogP contribution in [0.5, 0.6) is 0 Å². The lowest BCUT2D eigenvalue weighted by Crippen LogP contribution is -2.60. The third-order valence-corrected chi connectivity index (χ3v) is 5.62. The van der Waals surface area contributed by atoms with Crippen LogP contribution in [0.2, 0.25) is 0 Å². The molecule has 1 fully saturated rings. The fourth-order valence-electron chi connectivity index (χ4n) is 2.77. The largest absolute Gasteiger partial charge is 0.501 e. The molecular formula is C16H13F4NO3S. The summed E-state index contributed by atoms with van der Waals surface area (Å²) in [6.07, 6.45) is 0. The van der Waals surface area contributed by atoms with Crippen molar-refractivity contribution in [2.45, 2.75) is 16.0 Å². The van der Waals surface area contributed by atoms with Crippen molar-refractivity contribution in [2.24, 2.45) is 0 Å². The monoisotopic (exact) mass is 375 g/mol. The summed E-state index contributed by atoms with van der Waals surface area (Å²) in [6.45, 7) is -0.216. The van der Waals surface area contributed by atoms with Crippen LogP contribution in [0.1, 0.15) is 5.56 Å². The summed E-state index contributed by atoms with van der Waals surface area (Å²) in [6, 6.07) is 9.84. The van der Waals surface area contributed by atoms with Crippen LogP contribution in [-0.4, -0.2) is 32.1 Å². The molecule has 9 heteroatoms. The maximum atomic E-state index is 13.0. The molecule has 2 aromatic carbocycles. The summed E-state index contributed by atoms with van der Waals surface area (Å²) in [5, 5.41) is 10.5. The third kappa shape index (κ3) is 2.98. The van der Waals surface area contributed by atoms with Crippen molar-refractivity contribution in [1.29, 1.82) is 0 Å². The SMILES string of the molecule is O=S(=O)(c1ccccc1N1CC(O)(c2ccc(F)cc2)C1)C(F)(F)F. The van der Waals surface area contributed by atoms with E-state index >= 15 is 0 Å². The molecule has 1 saturated heterocycles. The number of benzene rings is 2. The van der Waals surface area contributed by atoms with Crippen molar-refractivity contribution in [2.75, 3.05) is 18.0 Å². The number of rotatable bonds is 3. The molecule has 0 amide bonds. The molecule has 1 heterocycles. The molecule has 0 aliphatic carbocycles. The van der Waals surface area contributed by atoms with Crippen LogP contribution in [-0.2, 0) is 15.4 Å². The van der Waals surface area contributed by atoms with Crippen molar-refractivity contribution in [3.63, 3.8) is 0 Å². The molecule has 3 rings (SSSR count). The average Bonchev–Trinajstić information content (AvgIpc) is 2.51. The van der Waals surface area contributed by atoms with E-state index in [1.807, 2.05) is 0 Å². The molecule has 134 valence electrons. The first-order valence-corrected chi connectivity index (χ1v) is 8.67. The zero-order valence-corrected chi connectivity index (χ0v) is 13.5. The van der Waals surface area contributed by atoms with E-state index in [-0.39, 0.29) is 18.8 Å². The summed E-state index contributed by atoms with van der Waals surface area (Å²) >= 11 is 0. The number of aliphatic hydroxyl groups is 1. The predicted molar refractivity (Wildman–Crippen MR) is 82.2 cm³/mol. The summed E-state index contributed by atoms with van der Waals surface area (Å²) in [5.41, 5.74) is -6.53. The van der Waals surface area contributed by atoms with Crippen LogP contribution in [0.15, 0.2) is 53.4 Å². The Kier molecular flexibility index (Phi) is 4.03. The second kappa shape index (κ2) is 5.70. The number of anilines is 1. The van der Waals surface area contributed by atoms with Gasteiger partial charge in [-0.05, 0) is 29.8 Å². The Balaban J connectivity index is 1.90. The normalized spacial score (nSPS) is 17.2. The van der Waals surface area contributed by atoms with Crippen molar-refractivity contribution in [3.8, 4) is 0 Å². The maximum Gasteiger partial charge on any atom is 0.501 e. The van der Waals surface area contributed by atoms with Crippen molar-refractivity contribution in [3.05, 3.63) is 59.9 Å². The van der Waals surface area contributed by atoms with Gasteiger partial charge in [0.25, 0.3) is 9.84 Å². The van der Waals surface area contributed by atoms with E-state index in [2.05, 4.69) is 0 Å². The van der Waals surface area contributed by atoms with Gasteiger partial charge in [-0.15, -0.1) is 0 Å². The van der Waals surface area contributed by atoms with Crippen LogP contribution < -0.4 is 4.90 Å². The van der Waals surface area contributed by atoms with E-state index < -0.39 is 31.7 Å². The van der Waals surface area contributed by atoms with Gasteiger partial charge in [0.15, 0.2) is 0 Å². The van der Waals surface area contributed by atoms with E-state index in [0.29, 0.717) is 5.56 Å². The molecule has 25 heavy (non-hydrogen) atoms. The zero-order valence-electron chi connectivity index (χ0n) is 12.7. The molecule has 1 aliphatic heterocycles. The highest BCUT2D eigenvalue weighted by Crippen LogP contribution is 2.41. The molecule has 1 N–H and O–H groups in total. The second-order valence-electron chi connectivity index (χ2n) is 5.81. The maximum absolute atomic E-state index is 13.0. The molecule has 0 spiro atoms.